The lowest BCUT2D eigenvalue weighted by atomic mass is 10.1. The van der Waals surface area contributed by atoms with Crippen molar-refractivity contribution in [3.63, 3.8) is 0 Å². The quantitative estimate of drug-likeness (QED) is 0.550. The maximum Gasteiger partial charge on any atom is 0.269 e. The van der Waals surface area contributed by atoms with Gasteiger partial charge in [0.05, 0.1) is 11.0 Å². The number of para-hydroxylation sites is 2. The molecule has 0 atom stereocenters. The summed E-state index contributed by atoms with van der Waals surface area (Å²) < 4.78 is 5.76. The number of aryl methyl sites for hydroxylation is 1. The lowest BCUT2D eigenvalue weighted by molar-refractivity contribution is 0.581. The fraction of sp³-hybridized carbons (Fsp3) is 0.0588. The lowest BCUT2D eigenvalue weighted by Gasteiger charge is -2.01. The fourth-order valence-electron chi connectivity index (χ4n) is 2.36. The van der Waals surface area contributed by atoms with Gasteiger partial charge in [-0.15, -0.1) is 10.2 Å². The number of benzene rings is 2. The van der Waals surface area contributed by atoms with Gasteiger partial charge in [-0.2, -0.15) is 0 Å². The first-order valence-electron chi connectivity index (χ1n) is 7.04. The van der Waals surface area contributed by atoms with E-state index in [0.717, 1.165) is 22.2 Å². The van der Waals surface area contributed by atoms with Crippen LogP contribution in [0.2, 0.25) is 5.15 Å². The van der Waals surface area contributed by atoms with Crippen LogP contribution in [0.4, 0.5) is 0 Å². The molecule has 2 aromatic heterocycles. The molecule has 0 radical (unpaired) electrons. The third kappa shape index (κ3) is 2.45. The summed E-state index contributed by atoms with van der Waals surface area (Å²) in [5.41, 5.74) is 3.77. The zero-order chi connectivity index (χ0) is 15.8. The van der Waals surface area contributed by atoms with Gasteiger partial charge in [0, 0.05) is 5.56 Å². The average molecular weight is 323 g/mol. The molecule has 2 aromatic carbocycles. The van der Waals surface area contributed by atoms with Crippen LogP contribution < -0.4 is 0 Å². The minimum atomic E-state index is 0.240. The van der Waals surface area contributed by atoms with E-state index in [1.54, 1.807) is 0 Å². The second-order valence-electron chi connectivity index (χ2n) is 5.08. The number of rotatable bonds is 2. The Bertz CT molecular complexity index is 1010. The number of hydrogen-bond acceptors (Lipinski definition) is 5. The molecule has 0 unspecified atom stereocenters. The van der Waals surface area contributed by atoms with Crippen LogP contribution in [0, 0.1) is 6.92 Å². The zero-order valence-corrected chi connectivity index (χ0v) is 12.9. The van der Waals surface area contributed by atoms with Crippen molar-refractivity contribution in [3.05, 3.63) is 59.2 Å². The Labute approximate surface area is 137 Å². The van der Waals surface area contributed by atoms with Gasteiger partial charge in [0.1, 0.15) is 0 Å². The van der Waals surface area contributed by atoms with E-state index in [9.17, 15) is 0 Å². The Morgan fingerprint density at radius 3 is 2.26 bits per heavy atom. The van der Waals surface area contributed by atoms with Crippen molar-refractivity contribution < 1.29 is 4.42 Å². The van der Waals surface area contributed by atoms with E-state index in [1.165, 1.54) is 0 Å². The summed E-state index contributed by atoms with van der Waals surface area (Å²) in [6, 6.07) is 15.3. The molecule has 112 valence electrons. The molecule has 5 nitrogen and oxygen atoms in total. The van der Waals surface area contributed by atoms with E-state index < -0.39 is 0 Å². The number of fused-ring (bicyclic) bond motifs is 1. The van der Waals surface area contributed by atoms with Crippen LogP contribution in [0.5, 0.6) is 0 Å². The van der Waals surface area contributed by atoms with Gasteiger partial charge in [-0.1, -0.05) is 41.9 Å². The van der Waals surface area contributed by atoms with Crippen molar-refractivity contribution >= 4 is 22.6 Å². The predicted molar refractivity (Wildman–Crippen MR) is 88.0 cm³/mol. The second-order valence-corrected chi connectivity index (χ2v) is 5.44. The van der Waals surface area contributed by atoms with Crippen molar-refractivity contribution in [2.24, 2.45) is 0 Å². The van der Waals surface area contributed by atoms with Crippen molar-refractivity contribution in [1.82, 2.24) is 20.2 Å². The molecule has 0 aliphatic carbocycles. The Kier molecular flexibility index (Phi) is 3.28. The number of aromatic nitrogens is 4. The van der Waals surface area contributed by atoms with Crippen LogP contribution in [0.3, 0.4) is 0 Å². The molecule has 0 aliphatic rings. The van der Waals surface area contributed by atoms with Crippen molar-refractivity contribution in [2.75, 3.05) is 0 Å². The largest absolute Gasteiger partial charge is 0.414 e. The maximum absolute atomic E-state index is 6.22. The van der Waals surface area contributed by atoms with E-state index in [4.69, 9.17) is 16.0 Å². The predicted octanol–water partition coefficient (Wildman–Crippen LogP) is 4.31. The first kappa shape index (κ1) is 13.8. The second kappa shape index (κ2) is 5.44. The van der Waals surface area contributed by atoms with Gasteiger partial charge >= 0.3 is 0 Å². The van der Waals surface area contributed by atoms with Crippen LogP contribution in [0.1, 0.15) is 5.56 Å². The molecular formula is C17H11ClN4O. The molecule has 0 saturated carbocycles. The summed E-state index contributed by atoms with van der Waals surface area (Å²) in [7, 11) is 0. The molecule has 0 N–H and O–H groups in total. The number of hydrogen-bond donors (Lipinski definition) is 0. The summed E-state index contributed by atoms with van der Waals surface area (Å²) in [6.07, 6.45) is 0. The van der Waals surface area contributed by atoms with Crippen LogP contribution in [0.25, 0.3) is 34.1 Å². The highest BCUT2D eigenvalue weighted by atomic mass is 35.5. The monoisotopic (exact) mass is 322 g/mol. The average Bonchev–Trinajstić information content (AvgIpc) is 3.04. The molecular weight excluding hydrogens is 312 g/mol. The highest BCUT2D eigenvalue weighted by Crippen LogP contribution is 2.29. The Balaban J connectivity index is 1.83. The van der Waals surface area contributed by atoms with E-state index in [-0.39, 0.29) is 11.0 Å². The zero-order valence-electron chi connectivity index (χ0n) is 12.2. The lowest BCUT2D eigenvalue weighted by Crippen LogP contribution is -1.91. The highest BCUT2D eigenvalue weighted by Gasteiger charge is 2.17. The molecule has 0 saturated heterocycles. The molecule has 2 heterocycles. The molecule has 4 rings (SSSR count). The van der Waals surface area contributed by atoms with Crippen molar-refractivity contribution in [2.45, 2.75) is 6.92 Å². The van der Waals surface area contributed by atoms with Crippen LogP contribution in [-0.4, -0.2) is 20.2 Å². The van der Waals surface area contributed by atoms with E-state index >= 15 is 0 Å². The van der Waals surface area contributed by atoms with Crippen molar-refractivity contribution in [1.29, 1.82) is 0 Å². The summed E-state index contributed by atoms with van der Waals surface area (Å²) in [6.45, 7) is 1.99. The first-order valence-corrected chi connectivity index (χ1v) is 7.42. The van der Waals surface area contributed by atoms with Gasteiger partial charge in [-0.25, -0.2) is 9.97 Å². The van der Waals surface area contributed by atoms with Gasteiger partial charge < -0.3 is 4.42 Å². The van der Waals surface area contributed by atoms with Gasteiger partial charge in [0.2, 0.25) is 5.89 Å². The molecule has 0 spiro atoms. The standard InChI is InChI=1S/C17H11ClN4O/c1-10-6-2-3-7-11(10)16-21-22-17(23-16)14-15(18)20-13-9-5-4-8-12(13)19-14/h2-9H,1H3. The minimum absolute atomic E-state index is 0.240. The summed E-state index contributed by atoms with van der Waals surface area (Å²) in [4.78, 5) is 8.81. The number of halogens is 1. The topological polar surface area (TPSA) is 64.7 Å². The van der Waals surface area contributed by atoms with Gasteiger partial charge in [0.15, 0.2) is 10.8 Å². The first-order chi connectivity index (χ1) is 11.2. The molecule has 6 heteroatoms. The summed E-state index contributed by atoms with van der Waals surface area (Å²) in [5, 5.41) is 8.41. The Morgan fingerprint density at radius 2 is 1.48 bits per heavy atom. The molecule has 4 aromatic rings. The van der Waals surface area contributed by atoms with Gasteiger partial charge in [0.25, 0.3) is 5.89 Å². The molecule has 0 fully saturated rings. The van der Waals surface area contributed by atoms with E-state index in [1.807, 2.05) is 55.5 Å². The van der Waals surface area contributed by atoms with E-state index in [0.29, 0.717) is 11.6 Å². The van der Waals surface area contributed by atoms with Crippen molar-refractivity contribution in [3.8, 4) is 23.0 Å². The molecule has 0 aliphatic heterocycles. The van der Waals surface area contributed by atoms with Crippen LogP contribution in [-0.2, 0) is 0 Å². The minimum Gasteiger partial charge on any atom is -0.414 e. The smallest absolute Gasteiger partial charge is 0.269 e. The SMILES string of the molecule is Cc1ccccc1-c1nnc(-c2nc3ccccc3nc2Cl)o1. The fourth-order valence-corrected chi connectivity index (χ4v) is 2.57. The van der Waals surface area contributed by atoms with Gasteiger partial charge in [-0.05, 0) is 30.7 Å². The van der Waals surface area contributed by atoms with Crippen LogP contribution >= 0.6 is 11.6 Å². The molecule has 0 amide bonds. The Morgan fingerprint density at radius 1 is 0.826 bits per heavy atom. The summed E-state index contributed by atoms with van der Waals surface area (Å²) in [5.74, 6) is 0.690. The van der Waals surface area contributed by atoms with E-state index in [2.05, 4.69) is 20.2 Å². The number of nitrogens with zero attached hydrogens (tertiary/aromatic N) is 4. The molecule has 23 heavy (non-hydrogen) atoms. The third-order valence-corrected chi connectivity index (χ3v) is 3.79. The normalized spacial score (nSPS) is 11.0. The highest BCUT2D eigenvalue weighted by molar-refractivity contribution is 6.32. The third-order valence-electron chi connectivity index (χ3n) is 3.53. The summed E-state index contributed by atoms with van der Waals surface area (Å²) >= 11 is 6.22. The Hall–Kier alpha value is -2.79. The van der Waals surface area contributed by atoms with Crippen LogP contribution in [0.15, 0.2) is 52.9 Å². The maximum atomic E-state index is 6.22. The molecule has 0 bridgehead atoms. The van der Waals surface area contributed by atoms with Gasteiger partial charge in [-0.3, -0.25) is 0 Å².